The Morgan fingerprint density at radius 3 is 2.71 bits per heavy atom. The van der Waals surface area contributed by atoms with Crippen molar-refractivity contribution in [2.75, 3.05) is 32.8 Å². The van der Waals surface area contributed by atoms with E-state index in [1.54, 1.807) is 0 Å². The highest BCUT2D eigenvalue weighted by molar-refractivity contribution is 5.85. The van der Waals surface area contributed by atoms with E-state index in [1.807, 2.05) is 4.90 Å². The number of hydrogen-bond donors (Lipinski definition) is 1. The zero-order valence-corrected chi connectivity index (χ0v) is 9.02. The van der Waals surface area contributed by atoms with E-state index in [4.69, 9.17) is 4.74 Å². The van der Waals surface area contributed by atoms with Gasteiger partial charge in [-0.15, -0.1) is 12.4 Å². The first-order valence-electron chi connectivity index (χ1n) is 4.98. The lowest BCUT2D eigenvalue weighted by Crippen LogP contribution is -2.36. The van der Waals surface area contributed by atoms with E-state index < -0.39 is 0 Å². The maximum absolute atomic E-state index is 11.1. The minimum Gasteiger partial charge on any atom is -0.448 e. The summed E-state index contributed by atoms with van der Waals surface area (Å²) >= 11 is 0. The number of piperidine rings is 1. The van der Waals surface area contributed by atoms with Crippen molar-refractivity contribution in [2.24, 2.45) is 5.92 Å². The van der Waals surface area contributed by atoms with Crippen molar-refractivity contribution < 1.29 is 9.53 Å². The third-order valence-corrected chi connectivity index (χ3v) is 2.78. The Hall–Kier alpha value is -0.480. The first-order valence-corrected chi connectivity index (χ1v) is 4.98. The number of halogens is 1. The summed E-state index contributed by atoms with van der Waals surface area (Å²) in [6.45, 7) is 4.42. The molecule has 0 saturated carbocycles. The third-order valence-electron chi connectivity index (χ3n) is 2.78. The second kappa shape index (κ2) is 5.41. The molecule has 0 radical (unpaired) electrons. The number of ether oxygens (including phenoxy) is 1. The van der Waals surface area contributed by atoms with Crippen LogP contribution in [0.4, 0.5) is 4.79 Å². The number of nitrogens with one attached hydrogen (secondary N) is 1. The monoisotopic (exact) mass is 220 g/mol. The van der Waals surface area contributed by atoms with Gasteiger partial charge >= 0.3 is 6.09 Å². The molecule has 2 aliphatic rings. The molecule has 4 nitrogen and oxygen atoms in total. The van der Waals surface area contributed by atoms with Gasteiger partial charge in [-0.1, -0.05) is 0 Å². The minimum absolute atomic E-state index is 0. The lowest BCUT2D eigenvalue weighted by atomic mass is 9.98. The molecule has 0 bridgehead atoms. The third kappa shape index (κ3) is 2.75. The van der Waals surface area contributed by atoms with Gasteiger partial charge in [-0.05, 0) is 31.8 Å². The first kappa shape index (κ1) is 11.6. The first-order chi connectivity index (χ1) is 6.36. The van der Waals surface area contributed by atoms with Crippen molar-refractivity contribution >= 4 is 18.5 Å². The molecule has 1 amide bonds. The summed E-state index contributed by atoms with van der Waals surface area (Å²) in [7, 11) is 0. The fourth-order valence-electron chi connectivity index (χ4n) is 1.97. The Balaban J connectivity index is 0.000000980. The van der Waals surface area contributed by atoms with Crippen molar-refractivity contribution in [1.82, 2.24) is 10.2 Å². The predicted molar refractivity (Wildman–Crippen MR) is 55.8 cm³/mol. The van der Waals surface area contributed by atoms with Crippen LogP contribution in [0.25, 0.3) is 0 Å². The van der Waals surface area contributed by atoms with E-state index >= 15 is 0 Å². The number of nitrogens with zero attached hydrogens (tertiary/aromatic N) is 1. The van der Waals surface area contributed by atoms with Gasteiger partial charge in [0.15, 0.2) is 0 Å². The van der Waals surface area contributed by atoms with Crippen molar-refractivity contribution in [3.05, 3.63) is 0 Å². The van der Waals surface area contributed by atoms with Gasteiger partial charge in [0.2, 0.25) is 0 Å². The molecular formula is C9H17ClN2O2. The van der Waals surface area contributed by atoms with E-state index in [0.29, 0.717) is 12.5 Å². The summed E-state index contributed by atoms with van der Waals surface area (Å²) in [5.41, 5.74) is 0. The fraction of sp³-hybridized carbons (Fsp3) is 0.889. The van der Waals surface area contributed by atoms with Crippen LogP contribution in [0.3, 0.4) is 0 Å². The number of carbonyl (C=O) groups is 1. The van der Waals surface area contributed by atoms with E-state index in [9.17, 15) is 4.79 Å². The lowest BCUT2D eigenvalue weighted by molar-refractivity contribution is 0.151. The summed E-state index contributed by atoms with van der Waals surface area (Å²) in [5.74, 6) is 0.673. The van der Waals surface area contributed by atoms with Crippen LogP contribution in [0, 0.1) is 5.92 Å². The Morgan fingerprint density at radius 1 is 1.43 bits per heavy atom. The Labute approximate surface area is 90.4 Å². The molecule has 2 heterocycles. The molecule has 0 atom stereocenters. The number of hydrogen-bond acceptors (Lipinski definition) is 3. The maximum atomic E-state index is 11.1. The Morgan fingerprint density at radius 2 is 2.14 bits per heavy atom. The summed E-state index contributed by atoms with van der Waals surface area (Å²) in [4.78, 5) is 13.0. The molecule has 5 heteroatoms. The van der Waals surface area contributed by atoms with Gasteiger partial charge in [-0.2, -0.15) is 0 Å². The highest BCUT2D eigenvalue weighted by Crippen LogP contribution is 2.15. The maximum Gasteiger partial charge on any atom is 0.409 e. The zero-order valence-electron chi connectivity index (χ0n) is 8.20. The van der Waals surface area contributed by atoms with Gasteiger partial charge in [0.1, 0.15) is 6.61 Å². The number of cyclic esters (lactones) is 1. The Kier molecular flexibility index (Phi) is 4.48. The molecule has 2 aliphatic heterocycles. The molecule has 1 N–H and O–H groups in total. The molecule has 0 unspecified atom stereocenters. The van der Waals surface area contributed by atoms with E-state index in [2.05, 4.69) is 5.32 Å². The van der Waals surface area contributed by atoms with Gasteiger partial charge in [-0.3, -0.25) is 0 Å². The molecule has 0 aromatic heterocycles. The molecule has 82 valence electrons. The standard InChI is InChI=1S/C9H16N2O2.ClH/c12-9-11(5-6-13-9)7-8-1-3-10-4-2-8;/h8,10H,1-7H2;1H. The van der Waals surface area contributed by atoms with Crippen molar-refractivity contribution in [2.45, 2.75) is 12.8 Å². The van der Waals surface area contributed by atoms with E-state index in [-0.39, 0.29) is 18.5 Å². The average molecular weight is 221 g/mol. The van der Waals surface area contributed by atoms with E-state index in [0.717, 1.165) is 26.2 Å². The molecule has 2 saturated heterocycles. The zero-order chi connectivity index (χ0) is 9.10. The minimum atomic E-state index is -0.126. The topological polar surface area (TPSA) is 41.6 Å². The second-order valence-electron chi connectivity index (χ2n) is 3.75. The van der Waals surface area contributed by atoms with Crippen molar-refractivity contribution in [3.8, 4) is 0 Å². The summed E-state index contributed by atoms with van der Waals surface area (Å²) in [6.07, 6.45) is 2.24. The van der Waals surface area contributed by atoms with Crippen molar-refractivity contribution in [1.29, 1.82) is 0 Å². The van der Waals surface area contributed by atoms with Crippen LogP contribution < -0.4 is 5.32 Å². The molecular weight excluding hydrogens is 204 g/mol. The highest BCUT2D eigenvalue weighted by Gasteiger charge is 2.25. The Bertz CT molecular complexity index is 195. The molecule has 0 aliphatic carbocycles. The van der Waals surface area contributed by atoms with Crippen LogP contribution in [0.5, 0.6) is 0 Å². The van der Waals surface area contributed by atoms with Gasteiger partial charge < -0.3 is 15.0 Å². The second-order valence-corrected chi connectivity index (χ2v) is 3.75. The number of carbonyl (C=O) groups excluding carboxylic acids is 1. The SMILES string of the molecule is Cl.O=C1OCCN1CC1CCNCC1. The quantitative estimate of drug-likeness (QED) is 0.751. The molecule has 14 heavy (non-hydrogen) atoms. The number of amides is 1. The predicted octanol–water partition coefficient (Wildman–Crippen LogP) is 0.860. The molecule has 2 fully saturated rings. The molecule has 2 rings (SSSR count). The van der Waals surface area contributed by atoms with Crippen LogP contribution >= 0.6 is 12.4 Å². The highest BCUT2D eigenvalue weighted by atomic mass is 35.5. The van der Waals surface area contributed by atoms with Gasteiger partial charge in [0.05, 0.1) is 6.54 Å². The van der Waals surface area contributed by atoms with Gasteiger partial charge in [-0.25, -0.2) is 4.79 Å². The lowest BCUT2D eigenvalue weighted by Gasteiger charge is -2.25. The summed E-state index contributed by atoms with van der Waals surface area (Å²) in [5, 5.41) is 3.32. The van der Waals surface area contributed by atoms with E-state index in [1.165, 1.54) is 12.8 Å². The molecule has 0 spiro atoms. The van der Waals surface area contributed by atoms with Crippen LogP contribution in [0.1, 0.15) is 12.8 Å². The molecule has 0 aromatic carbocycles. The normalized spacial score (nSPS) is 23.1. The van der Waals surface area contributed by atoms with Crippen LogP contribution in [0.2, 0.25) is 0 Å². The summed E-state index contributed by atoms with van der Waals surface area (Å²) < 4.78 is 4.88. The fourth-order valence-corrected chi connectivity index (χ4v) is 1.97. The molecule has 0 aromatic rings. The van der Waals surface area contributed by atoms with Gasteiger partial charge in [0.25, 0.3) is 0 Å². The summed E-state index contributed by atoms with van der Waals surface area (Å²) in [6, 6.07) is 0. The van der Waals surface area contributed by atoms with Crippen LogP contribution in [-0.4, -0.2) is 43.8 Å². The largest absolute Gasteiger partial charge is 0.448 e. The van der Waals surface area contributed by atoms with Gasteiger partial charge in [0, 0.05) is 6.54 Å². The van der Waals surface area contributed by atoms with Crippen LogP contribution in [-0.2, 0) is 4.74 Å². The smallest absolute Gasteiger partial charge is 0.409 e. The average Bonchev–Trinajstić information content (AvgIpc) is 2.54. The van der Waals surface area contributed by atoms with Crippen LogP contribution in [0.15, 0.2) is 0 Å². The number of rotatable bonds is 2. The van der Waals surface area contributed by atoms with Crippen molar-refractivity contribution in [3.63, 3.8) is 0 Å².